The molecule has 1 N–H and O–H groups in total. The van der Waals surface area contributed by atoms with Crippen LogP contribution < -0.4 is 5.32 Å². The van der Waals surface area contributed by atoms with Gasteiger partial charge in [0.05, 0.1) is 6.42 Å². The monoisotopic (exact) mass is 321 g/mol. The first kappa shape index (κ1) is 15.9. The van der Waals surface area contributed by atoms with Crippen LogP contribution in [0.3, 0.4) is 0 Å². The zero-order valence-electron chi connectivity index (χ0n) is 11.6. The van der Waals surface area contributed by atoms with Gasteiger partial charge in [0.25, 0.3) is 0 Å². The van der Waals surface area contributed by atoms with Gasteiger partial charge in [0.15, 0.2) is 0 Å². The Labute approximate surface area is 135 Å². The fraction of sp³-hybridized carbons (Fsp3) is 0.235. The number of halogens is 2. The Hall–Kier alpha value is -1.51. The molecule has 0 unspecified atom stereocenters. The summed E-state index contributed by atoms with van der Waals surface area (Å²) in [6, 6.07) is 15.2. The molecule has 0 heterocycles. The van der Waals surface area contributed by atoms with Gasteiger partial charge in [0.1, 0.15) is 0 Å². The second-order valence-electron chi connectivity index (χ2n) is 4.85. The minimum Gasteiger partial charge on any atom is -0.356 e. The van der Waals surface area contributed by atoms with Gasteiger partial charge in [-0.2, -0.15) is 0 Å². The Balaban J connectivity index is 1.70. The zero-order valence-corrected chi connectivity index (χ0v) is 13.1. The van der Waals surface area contributed by atoms with Gasteiger partial charge in [0.2, 0.25) is 5.91 Å². The van der Waals surface area contributed by atoms with Crippen LogP contribution in [0.4, 0.5) is 0 Å². The Morgan fingerprint density at radius 3 is 2.43 bits per heavy atom. The predicted molar refractivity (Wildman–Crippen MR) is 87.9 cm³/mol. The van der Waals surface area contributed by atoms with E-state index in [0.29, 0.717) is 18.0 Å². The van der Waals surface area contributed by atoms with Crippen molar-refractivity contribution in [3.05, 3.63) is 69.7 Å². The van der Waals surface area contributed by atoms with Gasteiger partial charge in [-0.3, -0.25) is 4.79 Å². The molecule has 0 saturated carbocycles. The average molecular weight is 322 g/mol. The number of nitrogens with one attached hydrogen (secondary N) is 1. The van der Waals surface area contributed by atoms with Crippen molar-refractivity contribution < 1.29 is 4.79 Å². The first-order chi connectivity index (χ1) is 10.1. The molecule has 4 heteroatoms. The summed E-state index contributed by atoms with van der Waals surface area (Å²) in [5.41, 5.74) is 2.08. The highest BCUT2D eigenvalue weighted by molar-refractivity contribution is 6.31. The van der Waals surface area contributed by atoms with E-state index >= 15 is 0 Å². The number of amides is 1. The number of carbonyl (C=O) groups is 1. The number of hydrogen-bond donors (Lipinski definition) is 1. The first-order valence-corrected chi connectivity index (χ1v) is 7.65. The molecular weight excluding hydrogens is 305 g/mol. The van der Waals surface area contributed by atoms with E-state index in [9.17, 15) is 4.79 Å². The molecule has 21 heavy (non-hydrogen) atoms. The van der Waals surface area contributed by atoms with Crippen LogP contribution in [0, 0.1) is 0 Å². The SMILES string of the molecule is O=C(Cc1ccccc1Cl)NCCCc1ccc(Cl)cc1. The highest BCUT2D eigenvalue weighted by Crippen LogP contribution is 2.15. The van der Waals surface area contributed by atoms with Crippen LogP contribution in [0.25, 0.3) is 0 Å². The standard InChI is InChI=1S/C17H17Cl2NO/c18-15-9-7-13(8-10-15)4-3-11-20-17(21)12-14-5-1-2-6-16(14)19/h1-2,5-10H,3-4,11-12H2,(H,20,21). The van der Waals surface area contributed by atoms with Gasteiger partial charge < -0.3 is 5.32 Å². The lowest BCUT2D eigenvalue weighted by molar-refractivity contribution is -0.120. The van der Waals surface area contributed by atoms with Crippen LogP contribution in [-0.2, 0) is 17.6 Å². The molecule has 2 rings (SSSR count). The van der Waals surface area contributed by atoms with E-state index in [0.717, 1.165) is 23.4 Å². The fourth-order valence-electron chi connectivity index (χ4n) is 2.05. The minimum absolute atomic E-state index is 0.000735. The Kier molecular flexibility index (Phi) is 6.09. The average Bonchev–Trinajstić information content (AvgIpc) is 2.48. The molecule has 110 valence electrons. The quantitative estimate of drug-likeness (QED) is 0.790. The lowest BCUT2D eigenvalue weighted by Gasteiger charge is -2.07. The number of benzene rings is 2. The van der Waals surface area contributed by atoms with E-state index in [1.54, 1.807) is 6.07 Å². The smallest absolute Gasteiger partial charge is 0.224 e. The van der Waals surface area contributed by atoms with Gasteiger partial charge >= 0.3 is 0 Å². The second kappa shape index (κ2) is 8.06. The van der Waals surface area contributed by atoms with Crippen molar-refractivity contribution >= 4 is 29.1 Å². The predicted octanol–water partition coefficient (Wildman–Crippen LogP) is 4.28. The summed E-state index contributed by atoms with van der Waals surface area (Å²) in [7, 11) is 0. The molecule has 0 fully saturated rings. The highest BCUT2D eigenvalue weighted by atomic mass is 35.5. The molecule has 0 aliphatic heterocycles. The van der Waals surface area contributed by atoms with Crippen LogP contribution in [0.5, 0.6) is 0 Å². The van der Waals surface area contributed by atoms with Crippen molar-refractivity contribution in [1.82, 2.24) is 5.32 Å². The molecule has 2 nitrogen and oxygen atoms in total. The molecule has 0 radical (unpaired) electrons. The van der Waals surface area contributed by atoms with Gasteiger partial charge in [-0.15, -0.1) is 0 Å². The topological polar surface area (TPSA) is 29.1 Å². The minimum atomic E-state index is -0.000735. The molecule has 1 amide bonds. The molecule has 2 aromatic carbocycles. The summed E-state index contributed by atoms with van der Waals surface area (Å²) in [5, 5.41) is 4.29. The van der Waals surface area contributed by atoms with Gasteiger partial charge in [-0.05, 0) is 42.2 Å². The van der Waals surface area contributed by atoms with Gasteiger partial charge in [-0.1, -0.05) is 53.5 Å². The highest BCUT2D eigenvalue weighted by Gasteiger charge is 2.05. The molecule has 2 aromatic rings. The van der Waals surface area contributed by atoms with Gasteiger partial charge in [-0.25, -0.2) is 0 Å². The van der Waals surface area contributed by atoms with Crippen LogP contribution in [0.15, 0.2) is 48.5 Å². The zero-order chi connectivity index (χ0) is 15.1. The molecule has 0 aliphatic carbocycles. The van der Waals surface area contributed by atoms with Crippen molar-refractivity contribution in [2.45, 2.75) is 19.3 Å². The van der Waals surface area contributed by atoms with E-state index in [1.165, 1.54) is 5.56 Å². The van der Waals surface area contributed by atoms with E-state index in [2.05, 4.69) is 5.32 Å². The third kappa shape index (κ3) is 5.41. The molecule has 0 atom stereocenters. The first-order valence-electron chi connectivity index (χ1n) is 6.90. The summed E-state index contributed by atoms with van der Waals surface area (Å²) in [6.45, 7) is 0.659. The van der Waals surface area contributed by atoms with E-state index in [4.69, 9.17) is 23.2 Å². The van der Waals surface area contributed by atoms with Crippen molar-refractivity contribution in [3.63, 3.8) is 0 Å². The number of carbonyl (C=O) groups excluding carboxylic acids is 1. The molecule has 0 bridgehead atoms. The second-order valence-corrected chi connectivity index (χ2v) is 5.69. The normalized spacial score (nSPS) is 10.4. The summed E-state index contributed by atoms with van der Waals surface area (Å²) in [4.78, 5) is 11.8. The lowest BCUT2D eigenvalue weighted by atomic mass is 10.1. The largest absolute Gasteiger partial charge is 0.356 e. The molecule has 0 aromatic heterocycles. The van der Waals surface area contributed by atoms with Crippen LogP contribution >= 0.6 is 23.2 Å². The fourth-order valence-corrected chi connectivity index (χ4v) is 2.38. The van der Waals surface area contributed by atoms with Gasteiger partial charge in [0, 0.05) is 16.6 Å². The molecular formula is C17H17Cl2NO. The maximum Gasteiger partial charge on any atom is 0.224 e. The number of aryl methyl sites for hydroxylation is 1. The summed E-state index contributed by atoms with van der Waals surface area (Å²) >= 11 is 11.9. The van der Waals surface area contributed by atoms with Crippen molar-refractivity contribution in [2.75, 3.05) is 6.54 Å². The Morgan fingerprint density at radius 1 is 1.00 bits per heavy atom. The third-order valence-electron chi connectivity index (χ3n) is 3.19. The van der Waals surface area contributed by atoms with Crippen molar-refractivity contribution in [3.8, 4) is 0 Å². The maximum absolute atomic E-state index is 11.8. The maximum atomic E-state index is 11.8. The Morgan fingerprint density at radius 2 is 1.71 bits per heavy atom. The molecule has 0 aliphatic rings. The van der Waals surface area contributed by atoms with Crippen LogP contribution in [0.1, 0.15) is 17.5 Å². The molecule has 0 saturated heterocycles. The summed E-state index contributed by atoms with van der Waals surface area (Å²) in [6.07, 6.45) is 2.14. The van der Waals surface area contributed by atoms with Crippen LogP contribution in [0.2, 0.25) is 10.0 Å². The number of rotatable bonds is 6. The number of hydrogen-bond acceptors (Lipinski definition) is 1. The Bertz CT molecular complexity index is 596. The van der Waals surface area contributed by atoms with E-state index in [1.807, 2.05) is 42.5 Å². The molecule has 0 spiro atoms. The summed E-state index contributed by atoms with van der Waals surface area (Å²) < 4.78 is 0. The van der Waals surface area contributed by atoms with Crippen LogP contribution in [-0.4, -0.2) is 12.5 Å². The van der Waals surface area contributed by atoms with E-state index in [-0.39, 0.29) is 5.91 Å². The third-order valence-corrected chi connectivity index (χ3v) is 3.81. The summed E-state index contributed by atoms with van der Waals surface area (Å²) in [5.74, 6) is -0.000735. The van der Waals surface area contributed by atoms with Crippen molar-refractivity contribution in [2.24, 2.45) is 0 Å². The van der Waals surface area contributed by atoms with Crippen molar-refractivity contribution in [1.29, 1.82) is 0 Å². The van der Waals surface area contributed by atoms with E-state index < -0.39 is 0 Å². The lowest BCUT2D eigenvalue weighted by Crippen LogP contribution is -2.26.